The maximum atomic E-state index is 12.4. The summed E-state index contributed by atoms with van der Waals surface area (Å²) in [6, 6.07) is 15.9. The normalized spacial score (nSPS) is 15.5. The molecule has 0 atom stereocenters. The second-order valence-electron chi connectivity index (χ2n) is 7.13. The molecule has 1 heterocycles. The number of carbonyl (C=O) groups excluding carboxylic acids is 1. The minimum absolute atomic E-state index is 0.102. The van der Waals surface area contributed by atoms with Crippen LogP contribution in [0.25, 0.3) is 0 Å². The number of rotatable bonds is 7. The molecule has 2 aromatic rings. The van der Waals surface area contributed by atoms with Crippen LogP contribution in [0.15, 0.2) is 48.5 Å². The van der Waals surface area contributed by atoms with E-state index in [9.17, 15) is 4.79 Å². The van der Waals surface area contributed by atoms with Crippen LogP contribution in [0.5, 0.6) is 5.75 Å². The van der Waals surface area contributed by atoms with Gasteiger partial charge in [0, 0.05) is 17.5 Å². The van der Waals surface area contributed by atoms with Gasteiger partial charge in [0.1, 0.15) is 12.4 Å². The zero-order chi connectivity index (χ0) is 19.1. The predicted molar refractivity (Wildman–Crippen MR) is 109 cm³/mol. The highest BCUT2D eigenvalue weighted by atomic mass is 35.5. The van der Waals surface area contributed by atoms with Crippen LogP contribution >= 0.6 is 11.6 Å². The zero-order valence-corrected chi connectivity index (χ0v) is 16.5. The van der Waals surface area contributed by atoms with Crippen molar-refractivity contribution < 1.29 is 9.53 Å². The van der Waals surface area contributed by atoms with Gasteiger partial charge in [-0.3, -0.25) is 9.69 Å². The summed E-state index contributed by atoms with van der Waals surface area (Å²) in [5, 5.41) is 3.78. The summed E-state index contributed by atoms with van der Waals surface area (Å²) in [7, 11) is 0. The van der Waals surface area contributed by atoms with E-state index in [1.54, 1.807) is 0 Å². The Hall–Kier alpha value is -2.04. The van der Waals surface area contributed by atoms with Gasteiger partial charge in [-0.05, 0) is 68.2 Å². The summed E-state index contributed by atoms with van der Waals surface area (Å²) in [6.07, 6.45) is 1.80. The van der Waals surface area contributed by atoms with Gasteiger partial charge in [-0.2, -0.15) is 0 Å². The van der Waals surface area contributed by atoms with E-state index in [0.29, 0.717) is 13.2 Å². The lowest BCUT2D eigenvalue weighted by atomic mass is 9.95. The van der Waals surface area contributed by atoms with Crippen LogP contribution in [-0.4, -0.2) is 37.0 Å². The molecule has 4 nitrogen and oxygen atoms in total. The van der Waals surface area contributed by atoms with E-state index >= 15 is 0 Å². The smallest absolute Gasteiger partial charge is 0.223 e. The first-order valence-electron chi connectivity index (χ1n) is 9.54. The lowest BCUT2D eigenvalue weighted by Crippen LogP contribution is -2.41. The average molecular weight is 387 g/mol. The molecular formula is C22H27ClN2O2. The van der Waals surface area contributed by atoms with Crippen LogP contribution in [0.4, 0.5) is 0 Å². The van der Waals surface area contributed by atoms with Crippen molar-refractivity contribution in [2.75, 3.05) is 26.2 Å². The van der Waals surface area contributed by atoms with Crippen molar-refractivity contribution in [1.29, 1.82) is 0 Å². The largest absolute Gasteiger partial charge is 0.492 e. The van der Waals surface area contributed by atoms with E-state index in [-0.39, 0.29) is 11.8 Å². The van der Waals surface area contributed by atoms with E-state index in [1.807, 2.05) is 43.3 Å². The van der Waals surface area contributed by atoms with Gasteiger partial charge in [0.25, 0.3) is 0 Å². The summed E-state index contributed by atoms with van der Waals surface area (Å²) in [5.41, 5.74) is 2.43. The monoisotopic (exact) mass is 386 g/mol. The molecule has 3 rings (SSSR count). The lowest BCUT2D eigenvalue weighted by molar-refractivity contribution is -0.126. The number of nitrogens with zero attached hydrogens (tertiary/aromatic N) is 1. The molecule has 1 saturated heterocycles. The fourth-order valence-corrected chi connectivity index (χ4v) is 3.52. The first-order chi connectivity index (χ1) is 13.1. The number of nitrogens with one attached hydrogen (secondary N) is 1. The van der Waals surface area contributed by atoms with Gasteiger partial charge in [-0.1, -0.05) is 35.9 Å². The van der Waals surface area contributed by atoms with Crippen LogP contribution in [0.1, 0.15) is 24.0 Å². The van der Waals surface area contributed by atoms with Gasteiger partial charge in [-0.25, -0.2) is 0 Å². The number of likely N-dealkylation sites (tertiary alicyclic amines) is 1. The van der Waals surface area contributed by atoms with Gasteiger partial charge in [-0.15, -0.1) is 0 Å². The fourth-order valence-electron chi connectivity index (χ4n) is 3.39. The summed E-state index contributed by atoms with van der Waals surface area (Å²) in [6.45, 7) is 5.87. The van der Waals surface area contributed by atoms with Crippen molar-refractivity contribution in [2.45, 2.75) is 26.3 Å². The van der Waals surface area contributed by atoms with Gasteiger partial charge in [0.15, 0.2) is 0 Å². The van der Waals surface area contributed by atoms with Crippen LogP contribution in [0.2, 0.25) is 5.02 Å². The SMILES string of the molecule is Cc1cccc(OCCNC(=O)C2CCN(Cc3ccc(Cl)cc3)CC2)c1. The molecule has 1 amide bonds. The van der Waals surface area contributed by atoms with Crippen LogP contribution < -0.4 is 10.1 Å². The fraction of sp³-hybridized carbons (Fsp3) is 0.409. The molecule has 0 spiro atoms. The molecule has 1 fully saturated rings. The quantitative estimate of drug-likeness (QED) is 0.730. The second-order valence-corrected chi connectivity index (χ2v) is 7.57. The molecule has 0 bridgehead atoms. The molecule has 144 valence electrons. The Bertz CT molecular complexity index is 740. The summed E-state index contributed by atoms with van der Waals surface area (Å²) in [5.74, 6) is 1.10. The highest BCUT2D eigenvalue weighted by molar-refractivity contribution is 6.30. The van der Waals surface area contributed by atoms with E-state index in [0.717, 1.165) is 43.2 Å². The number of carbonyl (C=O) groups is 1. The summed E-state index contributed by atoms with van der Waals surface area (Å²) in [4.78, 5) is 14.8. The third kappa shape index (κ3) is 6.26. The highest BCUT2D eigenvalue weighted by Gasteiger charge is 2.24. The van der Waals surface area contributed by atoms with Crippen LogP contribution in [-0.2, 0) is 11.3 Å². The van der Waals surface area contributed by atoms with Crippen molar-refractivity contribution in [3.8, 4) is 5.75 Å². The second kappa shape index (κ2) is 9.77. The first-order valence-corrected chi connectivity index (χ1v) is 9.92. The minimum Gasteiger partial charge on any atom is -0.492 e. The predicted octanol–water partition coefficient (Wildman–Crippen LogP) is 4.06. The Morgan fingerprint density at radius 2 is 1.93 bits per heavy atom. The molecular weight excluding hydrogens is 360 g/mol. The van der Waals surface area contributed by atoms with Crippen molar-refractivity contribution in [3.05, 3.63) is 64.7 Å². The van der Waals surface area contributed by atoms with Gasteiger partial charge in [0.05, 0.1) is 6.54 Å². The number of aryl methyl sites for hydroxylation is 1. The van der Waals surface area contributed by atoms with Crippen molar-refractivity contribution in [3.63, 3.8) is 0 Å². The Labute approximate surface area is 166 Å². The van der Waals surface area contributed by atoms with Crippen LogP contribution in [0, 0.1) is 12.8 Å². The Morgan fingerprint density at radius 3 is 2.63 bits per heavy atom. The maximum absolute atomic E-state index is 12.4. The lowest BCUT2D eigenvalue weighted by Gasteiger charge is -2.31. The number of halogens is 1. The number of benzene rings is 2. The molecule has 0 saturated carbocycles. The molecule has 0 unspecified atom stereocenters. The van der Waals surface area contributed by atoms with Crippen molar-refractivity contribution >= 4 is 17.5 Å². The van der Waals surface area contributed by atoms with Gasteiger partial charge in [0.2, 0.25) is 5.91 Å². The van der Waals surface area contributed by atoms with Crippen LogP contribution in [0.3, 0.4) is 0 Å². The number of amides is 1. The van der Waals surface area contributed by atoms with E-state index < -0.39 is 0 Å². The number of hydrogen-bond donors (Lipinski definition) is 1. The van der Waals surface area contributed by atoms with E-state index in [4.69, 9.17) is 16.3 Å². The molecule has 2 aromatic carbocycles. The highest BCUT2D eigenvalue weighted by Crippen LogP contribution is 2.20. The molecule has 1 N–H and O–H groups in total. The first kappa shape index (κ1) is 19.7. The Morgan fingerprint density at radius 1 is 1.19 bits per heavy atom. The van der Waals surface area contributed by atoms with Gasteiger partial charge >= 0.3 is 0 Å². The molecule has 1 aliphatic rings. The van der Waals surface area contributed by atoms with Crippen molar-refractivity contribution in [2.24, 2.45) is 5.92 Å². The number of piperidine rings is 1. The molecule has 0 aromatic heterocycles. The standard InChI is InChI=1S/C22H27ClN2O2/c1-17-3-2-4-21(15-17)27-14-11-24-22(26)19-9-12-25(13-10-19)16-18-5-7-20(23)8-6-18/h2-8,15,19H,9-14,16H2,1H3,(H,24,26). The maximum Gasteiger partial charge on any atom is 0.223 e. The molecule has 0 aliphatic carbocycles. The molecule has 5 heteroatoms. The van der Waals surface area contributed by atoms with Crippen molar-refractivity contribution in [1.82, 2.24) is 10.2 Å². The van der Waals surface area contributed by atoms with Gasteiger partial charge < -0.3 is 10.1 Å². The zero-order valence-electron chi connectivity index (χ0n) is 15.8. The van der Waals surface area contributed by atoms with E-state index in [2.05, 4.69) is 22.3 Å². The molecule has 27 heavy (non-hydrogen) atoms. The number of hydrogen-bond acceptors (Lipinski definition) is 3. The third-order valence-corrected chi connectivity index (χ3v) is 5.19. The summed E-state index contributed by atoms with van der Waals surface area (Å²) >= 11 is 5.94. The average Bonchev–Trinajstić information content (AvgIpc) is 2.67. The molecule has 0 radical (unpaired) electrons. The minimum atomic E-state index is 0.102. The third-order valence-electron chi connectivity index (χ3n) is 4.94. The Balaban J connectivity index is 1.34. The summed E-state index contributed by atoms with van der Waals surface area (Å²) < 4.78 is 5.68. The topological polar surface area (TPSA) is 41.6 Å². The molecule has 1 aliphatic heterocycles. The Kier molecular flexibility index (Phi) is 7.13. The van der Waals surface area contributed by atoms with E-state index in [1.165, 1.54) is 11.1 Å². The number of ether oxygens (including phenoxy) is 1.